The fourth-order valence-electron chi connectivity index (χ4n) is 1.15. The Hall–Kier alpha value is -0.750. The zero-order valence-corrected chi connectivity index (χ0v) is 8.86. The van der Waals surface area contributed by atoms with Crippen molar-refractivity contribution in [1.29, 1.82) is 0 Å². The Morgan fingerprint density at radius 1 is 1.53 bits per heavy atom. The molecule has 1 aromatic rings. The Bertz CT molecular complexity index is 263. The highest BCUT2D eigenvalue weighted by Crippen LogP contribution is 2.28. The highest BCUT2D eigenvalue weighted by Gasteiger charge is 2.39. The van der Waals surface area contributed by atoms with Crippen LogP contribution >= 0.6 is 12.4 Å². The molecule has 0 amide bonds. The third-order valence-electron chi connectivity index (χ3n) is 1.86. The zero-order valence-electron chi connectivity index (χ0n) is 8.04. The first kappa shape index (κ1) is 14.2. The van der Waals surface area contributed by atoms with Crippen molar-refractivity contribution in [1.82, 2.24) is 10.5 Å². The van der Waals surface area contributed by atoms with Gasteiger partial charge in [-0.1, -0.05) is 5.16 Å². The second kappa shape index (κ2) is 5.97. The van der Waals surface area contributed by atoms with E-state index in [1.807, 2.05) is 0 Å². The number of nitrogens with one attached hydrogen (secondary N) is 1. The largest absolute Gasteiger partial charge is 0.393 e. The van der Waals surface area contributed by atoms with Crippen LogP contribution in [0.25, 0.3) is 0 Å². The average Bonchev–Trinajstić information content (AvgIpc) is 2.54. The molecule has 1 aromatic heterocycles. The van der Waals surface area contributed by atoms with Gasteiger partial charge in [-0.2, -0.15) is 13.2 Å². The smallest absolute Gasteiger partial charge is 0.365 e. The van der Waals surface area contributed by atoms with Crippen LogP contribution in [0.2, 0.25) is 0 Å². The van der Waals surface area contributed by atoms with Crippen LogP contribution in [0.1, 0.15) is 5.69 Å². The van der Waals surface area contributed by atoms with Gasteiger partial charge in [-0.05, 0) is 7.05 Å². The number of nitrogens with zero attached hydrogens (tertiary/aromatic N) is 1. The molecule has 88 valence electrons. The molecule has 1 N–H and O–H groups in total. The first-order chi connectivity index (χ1) is 6.54. The molecule has 0 aliphatic carbocycles. The van der Waals surface area contributed by atoms with E-state index in [9.17, 15) is 13.2 Å². The molecule has 0 aliphatic heterocycles. The molecule has 0 aromatic carbocycles. The minimum absolute atomic E-state index is 0. The number of halogens is 4. The topological polar surface area (TPSA) is 38.1 Å². The number of hydrogen-bond donors (Lipinski definition) is 1. The lowest BCUT2D eigenvalue weighted by molar-refractivity contribution is -0.172. The summed E-state index contributed by atoms with van der Waals surface area (Å²) >= 11 is 0. The number of aromatic nitrogens is 1. The molecule has 0 radical (unpaired) electrons. The number of rotatable bonds is 4. The molecule has 0 aliphatic rings. The van der Waals surface area contributed by atoms with Crippen LogP contribution in [0.15, 0.2) is 16.9 Å². The molecule has 0 saturated carbocycles. The molecule has 0 bridgehead atoms. The van der Waals surface area contributed by atoms with Gasteiger partial charge in [0.1, 0.15) is 6.26 Å². The van der Waals surface area contributed by atoms with Gasteiger partial charge in [0.05, 0.1) is 11.6 Å². The second-order valence-corrected chi connectivity index (χ2v) is 2.99. The summed E-state index contributed by atoms with van der Waals surface area (Å²) in [6.07, 6.45) is -3.09. The van der Waals surface area contributed by atoms with Gasteiger partial charge in [0.15, 0.2) is 0 Å². The van der Waals surface area contributed by atoms with Gasteiger partial charge >= 0.3 is 6.18 Å². The Morgan fingerprint density at radius 2 is 2.20 bits per heavy atom. The molecule has 7 heteroatoms. The monoisotopic (exact) mass is 244 g/mol. The van der Waals surface area contributed by atoms with Crippen LogP contribution < -0.4 is 5.32 Å². The Morgan fingerprint density at radius 3 is 2.60 bits per heavy atom. The van der Waals surface area contributed by atoms with Gasteiger partial charge in [-0.15, -0.1) is 12.4 Å². The van der Waals surface area contributed by atoms with E-state index in [1.54, 1.807) is 0 Å². The molecule has 15 heavy (non-hydrogen) atoms. The fourth-order valence-corrected chi connectivity index (χ4v) is 1.15. The van der Waals surface area contributed by atoms with E-state index in [2.05, 4.69) is 15.0 Å². The molecule has 0 fully saturated rings. The van der Waals surface area contributed by atoms with E-state index in [0.717, 1.165) is 0 Å². The summed E-state index contributed by atoms with van der Waals surface area (Å²) in [5, 5.41) is 5.96. The maximum atomic E-state index is 12.4. The van der Waals surface area contributed by atoms with Gasteiger partial charge in [0.25, 0.3) is 0 Å². The van der Waals surface area contributed by atoms with Crippen LogP contribution in [0, 0.1) is 5.92 Å². The summed E-state index contributed by atoms with van der Waals surface area (Å²) in [4.78, 5) is 0. The van der Waals surface area contributed by atoms with Crippen LogP contribution in [0.5, 0.6) is 0 Å². The third-order valence-corrected chi connectivity index (χ3v) is 1.86. The minimum atomic E-state index is -4.21. The van der Waals surface area contributed by atoms with Gasteiger partial charge in [-0.3, -0.25) is 0 Å². The normalized spacial score (nSPS) is 13.3. The fraction of sp³-hybridized carbons (Fsp3) is 0.625. The highest BCUT2D eigenvalue weighted by atomic mass is 35.5. The lowest BCUT2D eigenvalue weighted by Gasteiger charge is -2.18. The second-order valence-electron chi connectivity index (χ2n) is 2.99. The number of hydrogen-bond acceptors (Lipinski definition) is 3. The number of alkyl halides is 3. The Balaban J connectivity index is 0.00000196. The van der Waals surface area contributed by atoms with E-state index in [1.165, 1.54) is 19.4 Å². The minimum Gasteiger partial charge on any atom is -0.365 e. The first-order valence-electron chi connectivity index (χ1n) is 4.14. The van der Waals surface area contributed by atoms with Crippen molar-refractivity contribution in [3.63, 3.8) is 0 Å². The van der Waals surface area contributed by atoms with E-state index < -0.39 is 12.1 Å². The Kier molecular flexibility index (Phi) is 5.67. The van der Waals surface area contributed by atoms with Crippen molar-refractivity contribution in [2.75, 3.05) is 13.6 Å². The molecule has 1 heterocycles. The van der Waals surface area contributed by atoms with Crippen LogP contribution in [-0.2, 0) is 6.42 Å². The summed E-state index contributed by atoms with van der Waals surface area (Å²) in [5.74, 6) is -1.42. The molecular formula is C8H12ClF3N2O. The molecule has 3 nitrogen and oxygen atoms in total. The van der Waals surface area contributed by atoms with Gasteiger partial charge < -0.3 is 9.84 Å². The van der Waals surface area contributed by atoms with Crippen molar-refractivity contribution in [2.45, 2.75) is 12.6 Å². The van der Waals surface area contributed by atoms with Crippen molar-refractivity contribution in [3.8, 4) is 0 Å². The molecule has 1 atom stereocenters. The summed E-state index contributed by atoms with van der Waals surface area (Å²) < 4.78 is 41.7. The van der Waals surface area contributed by atoms with Gasteiger partial charge in [-0.25, -0.2) is 0 Å². The van der Waals surface area contributed by atoms with Crippen molar-refractivity contribution in [2.24, 2.45) is 5.92 Å². The highest BCUT2D eigenvalue weighted by molar-refractivity contribution is 5.85. The summed E-state index contributed by atoms with van der Waals surface area (Å²) in [5.41, 5.74) is 0.322. The van der Waals surface area contributed by atoms with Crippen molar-refractivity contribution >= 4 is 12.4 Å². The summed E-state index contributed by atoms with van der Waals surface area (Å²) in [6.45, 7) is -0.115. The maximum Gasteiger partial charge on any atom is 0.393 e. The quantitative estimate of drug-likeness (QED) is 0.881. The van der Waals surface area contributed by atoms with Crippen LogP contribution in [0.4, 0.5) is 13.2 Å². The molecule has 0 saturated heterocycles. The molecule has 1 unspecified atom stereocenters. The molecule has 0 spiro atoms. The van der Waals surface area contributed by atoms with Crippen LogP contribution in [0.3, 0.4) is 0 Å². The van der Waals surface area contributed by atoms with E-state index in [0.29, 0.717) is 5.69 Å². The van der Waals surface area contributed by atoms with Crippen LogP contribution in [-0.4, -0.2) is 24.9 Å². The van der Waals surface area contributed by atoms with Crippen molar-refractivity contribution in [3.05, 3.63) is 18.0 Å². The van der Waals surface area contributed by atoms with E-state index >= 15 is 0 Å². The lowest BCUT2D eigenvalue weighted by Crippen LogP contribution is -2.33. The summed E-state index contributed by atoms with van der Waals surface area (Å²) in [6, 6.07) is 1.44. The summed E-state index contributed by atoms with van der Waals surface area (Å²) in [7, 11) is 1.49. The predicted molar refractivity (Wildman–Crippen MR) is 50.9 cm³/mol. The van der Waals surface area contributed by atoms with Gasteiger partial charge in [0.2, 0.25) is 0 Å². The Labute approximate surface area is 91.4 Å². The van der Waals surface area contributed by atoms with Gasteiger partial charge in [0, 0.05) is 19.0 Å². The SMILES string of the molecule is CNCC(Cc1ccon1)C(F)(F)F.Cl. The van der Waals surface area contributed by atoms with E-state index in [-0.39, 0.29) is 25.4 Å². The zero-order chi connectivity index (χ0) is 10.6. The third kappa shape index (κ3) is 4.53. The maximum absolute atomic E-state index is 12.4. The average molecular weight is 245 g/mol. The first-order valence-corrected chi connectivity index (χ1v) is 4.14. The molecule has 1 rings (SSSR count). The standard InChI is InChI=1S/C8H11F3N2O.ClH/c1-12-5-6(8(9,10)11)4-7-2-3-14-13-7;/h2-3,6,12H,4-5H2,1H3;1H. The lowest BCUT2D eigenvalue weighted by atomic mass is 10.0. The van der Waals surface area contributed by atoms with E-state index in [4.69, 9.17) is 0 Å². The molecular weight excluding hydrogens is 233 g/mol. The predicted octanol–water partition coefficient (Wildman–Crippen LogP) is 2.04. The van der Waals surface area contributed by atoms with Crippen molar-refractivity contribution < 1.29 is 17.7 Å².